The maximum absolute atomic E-state index is 13.2. The van der Waals surface area contributed by atoms with Gasteiger partial charge in [-0.1, -0.05) is 30.3 Å². The van der Waals surface area contributed by atoms with Crippen LogP contribution in [0.15, 0.2) is 95.4 Å². The average molecular weight is 472 g/mol. The van der Waals surface area contributed by atoms with Crippen molar-refractivity contribution in [1.29, 1.82) is 0 Å². The Morgan fingerprint density at radius 3 is 2.41 bits per heavy atom. The Morgan fingerprint density at radius 2 is 1.68 bits per heavy atom. The monoisotopic (exact) mass is 471 g/mol. The quantitative estimate of drug-likeness (QED) is 0.345. The van der Waals surface area contributed by atoms with E-state index in [4.69, 9.17) is 4.74 Å². The van der Waals surface area contributed by atoms with Crippen molar-refractivity contribution in [1.82, 2.24) is 9.55 Å². The zero-order valence-electron chi connectivity index (χ0n) is 17.8. The minimum absolute atomic E-state index is 0.173. The molecule has 0 fully saturated rings. The Balaban J connectivity index is 1.28. The van der Waals surface area contributed by atoms with Crippen LogP contribution in [0.3, 0.4) is 0 Å². The van der Waals surface area contributed by atoms with E-state index in [-0.39, 0.29) is 23.8 Å². The van der Waals surface area contributed by atoms with Crippen LogP contribution in [-0.2, 0) is 11.3 Å². The smallest absolute Gasteiger partial charge is 0.271 e. The zero-order valence-corrected chi connectivity index (χ0v) is 18.6. The van der Waals surface area contributed by atoms with Crippen molar-refractivity contribution in [3.63, 3.8) is 0 Å². The number of fused-ring (bicyclic) bond motifs is 1. The number of carbonyl (C=O) groups excluding carboxylic acids is 1. The predicted octanol–water partition coefficient (Wildman–Crippen LogP) is 5.70. The standard InChI is InChI=1S/C26H18FN3O3S/c27-18-8-6-17(7-9-18)22-15-34-25-24(22)28-16-30(26(25)32)14-23(31)29-19-10-12-21(13-11-19)33-20-4-2-1-3-5-20/h1-13,15-16H,14H2,(H,29,31). The molecule has 2 aromatic heterocycles. The fraction of sp³-hybridized carbons (Fsp3) is 0.0385. The van der Waals surface area contributed by atoms with Gasteiger partial charge in [-0.25, -0.2) is 9.37 Å². The van der Waals surface area contributed by atoms with Gasteiger partial charge in [0.1, 0.15) is 28.6 Å². The minimum Gasteiger partial charge on any atom is -0.457 e. The summed E-state index contributed by atoms with van der Waals surface area (Å²) in [5.41, 5.74) is 2.35. The number of hydrogen-bond donors (Lipinski definition) is 1. The summed E-state index contributed by atoms with van der Waals surface area (Å²) in [6.07, 6.45) is 1.36. The highest BCUT2D eigenvalue weighted by Gasteiger charge is 2.14. The van der Waals surface area contributed by atoms with Crippen LogP contribution in [0.1, 0.15) is 0 Å². The lowest BCUT2D eigenvalue weighted by atomic mass is 10.1. The summed E-state index contributed by atoms with van der Waals surface area (Å²) >= 11 is 1.25. The molecule has 0 atom stereocenters. The molecule has 0 saturated carbocycles. The first-order chi connectivity index (χ1) is 16.6. The van der Waals surface area contributed by atoms with Gasteiger partial charge in [0.05, 0.1) is 11.8 Å². The van der Waals surface area contributed by atoms with E-state index in [9.17, 15) is 14.0 Å². The fourth-order valence-corrected chi connectivity index (χ4v) is 4.45. The first-order valence-electron chi connectivity index (χ1n) is 10.4. The molecule has 8 heteroatoms. The second kappa shape index (κ2) is 9.29. The molecule has 34 heavy (non-hydrogen) atoms. The molecule has 1 amide bonds. The number of halogens is 1. The van der Waals surface area contributed by atoms with Gasteiger partial charge in [-0.2, -0.15) is 0 Å². The lowest BCUT2D eigenvalue weighted by Gasteiger charge is -2.09. The minimum atomic E-state index is -0.352. The molecule has 0 aliphatic heterocycles. The summed E-state index contributed by atoms with van der Waals surface area (Å²) in [6.45, 7) is -0.173. The van der Waals surface area contributed by atoms with Crippen LogP contribution in [-0.4, -0.2) is 15.5 Å². The van der Waals surface area contributed by atoms with Crippen LogP contribution in [0.4, 0.5) is 10.1 Å². The number of anilines is 1. The van der Waals surface area contributed by atoms with Gasteiger partial charge < -0.3 is 10.1 Å². The van der Waals surface area contributed by atoms with Crippen molar-refractivity contribution in [2.75, 3.05) is 5.32 Å². The molecule has 2 heterocycles. The third-order valence-electron chi connectivity index (χ3n) is 5.13. The molecule has 0 saturated heterocycles. The first-order valence-corrected chi connectivity index (χ1v) is 11.3. The van der Waals surface area contributed by atoms with Gasteiger partial charge in [0.2, 0.25) is 5.91 Å². The number of nitrogens with one attached hydrogen (secondary N) is 1. The molecule has 0 aliphatic carbocycles. The van der Waals surface area contributed by atoms with E-state index >= 15 is 0 Å². The summed E-state index contributed by atoms with van der Waals surface area (Å²) in [7, 11) is 0. The number of thiophene rings is 1. The molecule has 0 radical (unpaired) electrons. The molecule has 6 nitrogen and oxygen atoms in total. The number of nitrogens with zero attached hydrogens (tertiary/aromatic N) is 2. The number of aromatic nitrogens is 2. The highest BCUT2D eigenvalue weighted by Crippen LogP contribution is 2.30. The molecule has 5 aromatic rings. The highest BCUT2D eigenvalue weighted by atomic mass is 32.1. The SMILES string of the molecule is O=C(Cn1cnc2c(-c3ccc(F)cc3)csc2c1=O)Nc1ccc(Oc2ccccc2)cc1. The van der Waals surface area contributed by atoms with Crippen LogP contribution in [0.5, 0.6) is 11.5 Å². The van der Waals surface area contributed by atoms with E-state index in [1.165, 1.54) is 34.4 Å². The van der Waals surface area contributed by atoms with Crippen molar-refractivity contribution in [3.8, 4) is 22.6 Å². The number of ether oxygens (including phenoxy) is 1. The van der Waals surface area contributed by atoms with Crippen molar-refractivity contribution in [2.24, 2.45) is 0 Å². The van der Waals surface area contributed by atoms with E-state index in [2.05, 4.69) is 10.3 Å². The highest BCUT2D eigenvalue weighted by molar-refractivity contribution is 7.17. The lowest BCUT2D eigenvalue weighted by molar-refractivity contribution is -0.116. The third kappa shape index (κ3) is 4.57. The Morgan fingerprint density at radius 1 is 0.971 bits per heavy atom. The second-order valence-corrected chi connectivity index (χ2v) is 8.38. The number of amides is 1. The van der Waals surface area contributed by atoms with Gasteiger partial charge in [-0.3, -0.25) is 14.2 Å². The zero-order chi connectivity index (χ0) is 23.5. The molecule has 0 bridgehead atoms. The van der Waals surface area contributed by atoms with Crippen LogP contribution >= 0.6 is 11.3 Å². The van der Waals surface area contributed by atoms with Crippen molar-refractivity contribution < 1.29 is 13.9 Å². The van der Waals surface area contributed by atoms with Crippen molar-refractivity contribution >= 4 is 33.1 Å². The Kier molecular flexibility index (Phi) is 5.88. The molecule has 0 spiro atoms. The summed E-state index contributed by atoms with van der Waals surface area (Å²) < 4.78 is 20.7. The largest absolute Gasteiger partial charge is 0.457 e. The molecule has 0 unspecified atom stereocenters. The Labute approximate surface area is 197 Å². The average Bonchev–Trinajstić information content (AvgIpc) is 3.28. The lowest BCUT2D eigenvalue weighted by Crippen LogP contribution is -2.27. The number of hydrogen-bond acceptors (Lipinski definition) is 5. The van der Waals surface area contributed by atoms with Gasteiger partial charge in [-0.05, 0) is 54.1 Å². The summed E-state index contributed by atoms with van der Waals surface area (Å²) in [6, 6.07) is 22.4. The fourth-order valence-electron chi connectivity index (χ4n) is 3.47. The van der Waals surface area contributed by atoms with E-state index in [1.54, 1.807) is 36.4 Å². The summed E-state index contributed by atoms with van der Waals surface area (Å²) in [4.78, 5) is 29.8. The first kappa shape index (κ1) is 21.5. The van der Waals surface area contributed by atoms with E-state index in [0.717, 1.165) is 16.9 Å². The van der Waals surface area contributed by atoms with Gasteiger partial charge in [-0.15, -0.1) is 11.3 Å². The number of rotatable bonds is 6. The maximum Gasteiger partial charge on any atom is 0.271 e. The molecule has 1 N–H and O–H groups in total. The summed E-state index contributed by atoms with van der Waals surface area (Å²) in [5.74, 6) is 0.681. The molecular formula is C26H18FN3O3S. The van der Waals surface area contributed by atoms with Crippen LogP contribution in [0, 0.1) is 5.82 Å². The van der Waals surface area contributed by atoms with Gasteiger partial charge >= 0.3 is 0 Å². The second-order valence-electron chi connectivity index (χ2n) is 7.50. The van der Waals surface area contributed by atoms with Gasteiger partial charge in [0, 0.05) is 16.6 Å². The van der Waals surface area contributed by atoms with Crippen LogP contribution < -0.4 is 15.6 Å². The molecule has 3 aromatic carbocycles. The van der Waals surface area contributed by atoms with Crippen LogP contribution in [0.2, 0.25) is 0 Å². The van der Waals surface area contributed by atoms with E-state index in [0.29, 0.717) is 21.7 Å². The summed E-state index contributed by atoms with van der Waals surface area (Å²) in [5, 5.41) is 4.59. The van der Waals surface area contributed by atoms with Gasteiger partial charge in [0.25, 0.3) is 5.56 Å². The molecule has 0 aliphatic rings. The normalized spacial score (nSPS) is 10.9. The number of benzene rings is 3. The topological polar surface area (TPSA) is 73.2 Å². The molecular weight excluding hydrogens is 453 g/mol. The number of para-hydroxylation sites is 1. The molecule has 5 rings (SSSR count). The van der Waals surface area contributed by atoms with Gasteiger partial charge in [0.15, 0.2) is 0 Å². The van der Waals surface area contributed by atoms with Crippen LogP contribution in [0.25, 0.3) is 21.3 Å². The number of carbonyl (C=O) groups is 1. The van der Waals surface area contributed by atoms with E-state index in [1.807, 2.05) is 35.7 Å². The van der Waals surface area contributed by atoms with Crippen molar-refractivity contribution in [3.05, 3.63) is 107 Å². The van der Waals surface area contributed by atoms with E-state index < -0.39 is 0 Å². The molecule has 168 valence electrons. The van der Waals surface area contributed by atoms with Crippen molar-refractivity contribution in [2.45, 2.75) is 6.54 Å². The Bertz CT molecular complexity index is 1510. The predicted molar refractivity (Wildman–Crippen MR) is 131 cm³/mol. The Hall–Kier alpha value is -4.30. The third-order valence-corrected chi connectivity index (χ3v) is 6.09. The maximum atomic E-state index is 13.2.